The topological polar surface area (TPSA) is 29.3 Å². The first-order chi connectivity index (χ1) is 7.68. The molecule has 1 fully saturated rings. The van der Waals surface area contributed by atoms with Crippen LogP contribution >= 0.6 is 0 Å². The largest absolute Gasteiger partial charge is 0.398 e. The molecule has 2 rings (SSSR count). The van der Waals surface area contributed by atoms with Crippen molar-refractivity contribution in [1.29, 1.82) is 0 Å². The van der Waals surface area contributed by atoms with E-state index in [1.54, 1.807) is 0 Å². The lowest BCUT2D eigenvalue weighted by Gasteiger charge is -2.29. The van der Waals surface area contributed by atoms with E-state index in [1.165, 1.54) is 43.6 Å². The first kappa shape index (κ1) is 11.3. The van der Waals surface area contributed by atoms with Gasteiger partial charge in [0, 0.05) is 24.5 Å². The zero-order valence-corrected chi connectivity index (χ0v) is 10.4. The Morgan fingerprint density at radius 2 is 1.81 bits per heavy atom. The highest BCUT2D eigenvalue weighted by molar-refractivity contribution is 5.61. The van der Waals surface area contributed by atoms with E-state index in [9.17, 15) is 0 Å². The van der Waals surface area contributed by atoms with Crippen LogP contribution in [0, 0.1) is 0 Å². The lowest BCUT2D eigenvalue weighted by molar-refractivity contribution is 0.578. The van der Waals surface area contributed by atoms with Crippen molar-refractivity contribution in [2.75, 3.05) is 23.7 Å². The van der Waals surface area contributed by atoms with E-state index < -0.39 is 0 Å². The van der Waals surface area contributed by atoms with Crippen molar-refractivity contribution in [3.8, 4) is 0 Å². The van der Waals surface area contributed by atoms with E-state index in [-0.39, 0.29) is 0 Å². The molecule has 0 bridgehead atoms. The van der Waals surface area contributed by atoms with E-state index in [2.05, 4.69) is 36.9 Å². The predicted molar refractivity (Wildman–Crippen MR) is 71.0 cm³/mol. The van der Waals surface area contributed by atoms with E-state index in [0.29, 0.717) is 5.92 Å². The monoisotopic (exact) mass is 218 g/mol. The number of hydrogen-bond acceptors (Lipinski definition) is 2. The van der Waals surface area contributed by atoms with Crippen LogP contribution in [0.2, 0.25) is 0 Å². The molecule has 88 valence electrons. The van der Waals surface area contributed by atoms with Crippen LogP contribution in [0.3, 0.4) is 0 Å². The van der Waals surface area contributed by atoms with Gasteiger partial charge in [0.25, 0.3) is 0 Å². The van der Waals surface area contributed by atoms with Crippen LogP contribution in [-0.2, 0) is 0 Å². The number of nitrogens with zero attached hydrogens (tertiary/aromatic N) is 1. The standard InChI is InChI=1S/C14H22N2/c1-11(2)13-7-6-12(10-14(13)15)16-8-4-3-5-9-16/h6-7,10-11H,3-5,8-9,15H2,1-2H3. The maximum Gasteiger partial charge on any atom is 0.0387 e. The summed E-state index contributed by atoms with van der Waals surface area (Å²) in [7, 11) is 0. The molecule has 1 aliphatic rings. The van der Waals surface area contributed by atoms with Crippen molar-refractivity contribution in [1.82, 2.24) is 0 Å². The van der Waals surface area contributed by atoms with Gasteiger partial charge in [-0.15, -0.1) is 0 Å². The Kier molecular flexibility index (Phi) is 3.37. The van der Waals surface area contributed by atoms with Crippen LogP contribution in [0.1, 0.15) is 44.6 Å². The summed E-state index contributed by atoms with van der Waals surface area (Å²) in [5.41, 5.74) is 9.60. The summed E-state index contributed by atoms with van der Waals surface area (Å²) in [5, 5.41) is 0. The summed E-state index contributed by atoms with van der Waals surface area (Å²) in [6.45, 7) is 6.74. The van der Waals surface area contributed by atoms with Crippen LogP contribution in [0.5, 0.6) is 0 Å². The molecule has 1 aromatic carbocycles. The first-order valence-electron chi connectivity index (χ1n) is 6.33. The van der Waals surface area contributed by atoms with Crippen molar-refractivity contribution >= 4 is 11.4 Å². The van der Waals surface area contributed by atoms with Gasteiger partial charge in [-0.1, -0.05) is 19.9 Å². The molecular formula is C14H22N2. The summed E-state index contributed by atoms with van der Waals surface area (Å²) in [4.78, 5) is 2.45. The molecule has 16 heavy (non-hydrogen) atoms. The fraction of sp³-hybridized carbons (Fsp3) is 0.571. The smallest absolute Gasteiger partial charge is 0.0387 e. The molecular weight excluding hydrogens is 196 g/mol. The van der Waals surface area contributed by atoms with Gasteiger partial charge in [0.1, 0.15) is 0 Å². The predicted octanol–water partition coefficient (Wildman–Crippen LogP) is 3.38. The summed E-state index contributed by atoms with van der Waals surface area (Å²) >= 11 is 0. The van der Waals surface area contributed by atoms with Gasteiger partial charge in [-0.2, -0.15) is 0 Å². The van der Waals surface area contributed by atoms with Crippen molar-refractivity contribution in [2.24, 2.45) is 0 Å². The minimum atomic E-state index is 0.510. The third-order valence-electron chi connectivity index (χ3n) is 3.41. The third-order valence-corrected chi connectivity index (χ3v) is 3.41. The number of nitrogen functional groups attached to an aromatic ring is 1. The van der Waals surface area contributed by atoms with Crippen LogP contribution in [-0.4, -0.2) is 13.1 Å². The Bertz CT molecular complexity index is 352. The Balaban J connectivity index is 2.19. The normalized spacial score (nSPS) is 16.8. The van der Waals surface area contributed by atoms with Gasteiger partial charge in [-0.05, 0) is 42.9 Å². The zero-order valence-electron chi connectivity index (χ0n) is 10.4. The highest BCUT2D eigenvalue weighted by Crippen LogP contribution is 2.28. The van der Waals surface area contributed by atoms with Gasteiger partial charge in [-0.3, -0.25) is 0 Å². The van der Waals surface area contributed by atoms with Gasteiger partial charge in [0.2, 0.25) is 0 Å². The van der Waals surface area contributed by atoms with Crippen LogP contribution < -0.4 is 10.6 Å². The van der Waals surface area contributed by atoms with Crippen molar-refractivity contribution in [3.05, 3.63) is 23.8 Å². The van der Waals surface area contributed by atoms with Crippen LogP contribution in [0.25, 0.3) is 0 Å². The molecule has 1 aliphatic heterocycles. The van der Waals surface area contributed by atoms with Crippen LogP contribution in [0.15, 0.2) is 18.2 Å². The minimum absolute atomic E-state index is 0.510. The Morgan fingerprint density at radius 1 is 1.12 bits per heavy atom. The minimum Gasteiger partial charge on any atom is -0.398 e. The van der Waals surface area contributed by atoms with E-state index in [4.69, 9.17) is 5.73 Å². The average molecular weight is 218 g/mol. The molecule has 0 aliphatic carbocycles. The van der Waals surface area contributed by atoms with Crippen LogP contribution in [0.4, 0.5) is 11.4 Å². The molecule has 2 heteroatoms. The zero-order chi connectivity index (χ0) is 11.5. The van der Waals surface area contributed by atoms with E-state index in [1.807, 2.05) is 0 Å². The van der Waals surface area contributed by atoms with E-state index in [0.717, 1.165) is 5.69 Å². The first-order valence-corrected chi connectivity index (χ1v) is 6.33. The Morgan fingerprint density at radius 3 is 2.38 bits per heavy atom. The summed E-state index contributed by atoms with van der Waals surface area (Å²) < 4.78 is 0. The summed E-state index contributed by atoms with van der Waals surface area (Å²) in [5.74, 6) is 0.510. The SMILES string of the molecule is CC(C)c1ccc(N2CCCCC2)cc1N. The Hall–Kier alpha value is -1.18. The van der Waals surface area contributed by atoms with Crippen molar-refractivity contribution in [3.63, 3.8) is 0 Å². The number of hydrogen-bond donors (Lipinski definition) is 1. The molecule has 0 atom stereocenters. The number of anilines is 2. The number of rotatable bonds is 2. The average Bonchev–Trinajstić information content (AvgIpc) is 2.29. The lowest BCUT2D eigenvalue weighted by Crippen LogP contribution is -2.29. The molecule has 1 heterocycles. The fourth-order valence-electron chi connectivity index (χ4n) is 2.44. The lowest BCUT2D eigenvalue weighted by atomic mass is 10.00. The Labute approximate surface area is 98.4 Å². The second-order valence-corrected chi connectivity index (χ2v) is 5.02. The van der Waals surface area contributed by atoms with E-state index >= 15 is 0 Å². The van der Waals surface area contributed by atoms with Crippen molar-refractivity contribution < 1.29 is 0 Å². The third kappa shape index (κ3) is 2.31. The fourth-order valence-corrected chi connectivity index (χ4v) is 2.44. The molecule has 1 aromatic rings. The molecule has 0 unspecified atom stereocenters. The maximum absolute atomic E-state index is 6.10. The maximum atomic E-state index is 6.10. The van der Waals surface area contributed by atoms with Gasteiger partial charge in [0.15, 0.2) is 0 Å². The second-order valence-electron chi connectivity index (χ2n) is 5.02. The quantitative estimate of drug-likeness (QED) is 0.771. The molecule has 2 N–H and O–H groups in total. The molecule has 2 nitrogen and oxygen atoms in total. The second kappa shape index (κ2) is 4.77. The van der Waals surface area contributed by atoms with Gasteiger partial charge in [0.05, 0.1) is 0 Å². The highest BCUT2D eigenvalue weighted by Gasteiger charge is 2.12. The summed E-state index contributed by atoms with van der Waals surface area (Å²) in [6.07, 6.45) is 3.99. The number of piperidine rings is 1. The highest BCUT2D eigenvalue weighted by atomic mass is 15.1. The van der Waals surface area contributed by atoms with Gasteiger partial charge < -0.3 is 10.6 Å². The molecule has 0 spiro atoms. The molecule has 0 saturated carbocycles. The molecule has 0 radical (unpaired) electrons. The molecule has 0 aromatic heterocycles. The molecule has 1 saturated heterocycles. The number of nitrogens with two attached hydrogens (primary N) is 1. The number of benzene rings is 1. The van der Waals surface area contributed by atoms with Gasteiger partial charge in [-0.25, -0.2) is 0 Å². The van der Waals surface area contributed by atoms with Crippen molar-refractivity contribution in [2.45, 2.75) is 39.0 Å². The molecule has 0 amide bonds. The summed E-state index contributed by atoms with van der Waals surface area (Å²) in [6, 6.07) is 6.54. The van der Waals surface area contributed by atoms with Gasteiger partial charge >= 0.3 is 0 Å².